The molecule has 1 fully saturated rings. The van der Waals surface area contributed by atoms with Crippen molar-refractivity contribution in [2.75, 3.05) is 18.0 Å². The van der Waals surface area contributed by atoms with Crippen LogP contribution in [0.25, 0.3) is 0 Å². The zero-order valence-corrected chi connectivity index (χ0v) is 10.3. The molecule has 0 aromatic heterocycles. The van der Waals surface area contributed by atoms with E-state index in [9.17, 15) is 14.9 Å². The van der Waals surface area contributed by atoms with Gasteiger partial charge in [-0.25, -0.2) is 0 Å². The highest BCUT2D eigenvalue weighted by Crippen LogP contribution is 2.33. The standard InChI is InChI=1S/C13H16N2O3/c1-2-10-5-6-14(8-10)12-4-3-11(9-16)7-13(12)15(17)18/h3-4,7,9-10H,2,5-6,8H2,1H3. The fraction of sp³-hybridized carbons (Fsp3) is 0.462. The quantitative estimate of drug-likeness (QED) is 0.467. The summed E-state index contributed by atoms with van der Waals surface area (Å²) in [5, 5.41) is 11.1. The van der Waals surface area contributed by atoms with Crippen LogP contribution in [0.3, 0.4) is 0 Å². The van der Waals surface area contributed by atoms with Gasteiger partial charge in [0.05, 0.1) is 4.92 Å². The van der Waals surface area contributed by atoms with Crippen LogP contribution >= 0.6 is 0 Å². The molecule has 0 aliphatic carbocycles. The van der Waals surface area contributed by atoms with E-state index in [1.54, 1.807) is 12.1 Å². The monoisotopic (exact) mass is 248 g/mol. The Balaban J connectivity index is 2.32. The SMILES string of the molecule is CCC1CCN(c2ccc(C=O)cc2[N+](=O)[O-])C1. The summed E-state index contributed by atoms with van der Waals surface area (Å²) < 4.78 is 0. The lowest BCUT2D eigenvalue weighted by atomic mass is 10.1. The second-order valence-electron chi connectivity index (χ2n) is 4.63. The van der Waals surface area contributed by atoms with E-state index in [1.165, 1.54) is 6.07 Å². The Bertz CT molecular complexity index is 473. The number of carbonyl (C=O) groups is 1. The molecule has 0 N–H and O–H groups in total. The van der Waals surface area contributed by atoms with Gasteiger partial charge in [0.2, 0.25) is 0 Å². The van der Waals surface area contributed by atoms with Gasteiger partial charge in [-0.3, -0.25) is 14.9 Å². The Morgan fingerprint density at radius 1 is 1.56 bits per heavy atom. The van der Waals surface area contributed by atoms with Crippen LogP contribution < -0.4 is 4.90 Å². The molecule has 0 saturated carbocycles. The Morgan fingerprint density at radius 2 is 2.33 bits per heavy atom. The van der Waals surface area contributed by atoms with Crippen LogP contribution in [0.5, 0.6) is 0 Å². The summed E-state index contributed by atoms with van der Waals surface area (Å²) in [6.45, 7) is 3.84. The van der Waals surface area contributed by atoms with Gasteiger partial charge in [0.25, 0.3) is 5.69 Å². The maximum absolute atomic E-state index is 11.1. The number of benzene rings is 1. The first kappa shape index (κ1) is 12.5. The molecule has 5 heteroatoms. The number of carbonyl (C=O) groups excluding carboxylic acids is 1. The molecular weight excluding hydrogens is 232 g/mol. The minimum absolute atomic E-state index is 0.0244. The summed E-state index contributed by atoms with van der Waals surface area (Å²) in [4.78, 5) is 23.4. The second kappa shape index (κ2) is 5.16. The van der Waals surface area contributed by atoms with Crippen molar-refractivity contribution in [3.63, 3.8) is 0 Å². The zero-order valence-electron chi connectivity index (χ0n) is 10.3. The highest BCUT2D eigenvalue weighted by molar-refractivity contribution is 5.79. The molecule has 0 radical (unpaired) electrons. The Morgan fingerprint density at radius 3 is 2.89 bits per heavy atom. The number of anilines is 1. The molecular formula is C13H16N2O3. The molecule has 1 atom stereocenters. The first-order chi connectivity index (χ1) is 8.65. The van der Waals surface area contributed by atoms with E-state index in [2.05, 4.69) is 6.92 Å². The summed E-state index contributed by atoms with van der Waals surface area (Å²) in [6.07, 6.45) is 2.80. The van der Waals surface area contributed by atoms with Crippen molar-refractivity contribution in [3.05, 3.63) is 33.9 Å². The summed E-state index contributed by atoms with van der Waals surface area (Å²) in [6, 6.07) is 4.66. The Hall–Kier alpha value is -1.91. The molecule has 1 aromatic carbocycles. The molecule has 1 aliphatic heterocycles. The zero-order chi connectivity index (χ0) is 13.1. The van der Waals surface area contributed by atoms with Gasteiger partial charge in [-0.15, -0.1) is 0 Å². The number of aldehydes is 1. The van der Waals surface area contributed by atoms with Gasteiger partial charge in [0, 0.05) is 24.7 Å². The molecule has 2 rings (SSSR count). The number of nitro groups is 1. The van der Waals surface area contributed by atoms with E-state index in [0.717, 1.165) is 25.9 Å². The van der Waals surface area contributed by atoms with E-state index in [-0.39, 0.29) is 5.69 Å². The predicted molar refractivity (Wildman–Crippen MR) is 69.1 cm³/mol. The minimum atomic E-state index is -0.415. The van der Waals surface area contributed by atoms with Crippen molar-refractivity contribution < 1.29 is 9.72 Å². The molecule has 0 bridgehead atoms. The highest BCUT2D eigenvalue weighted by atomic mass is 16.6. The fourth-order valence-corrected chi connectivity index (χ4v) is 2.41. The van der Waals surface area contributed by atoms with Crippen molar-refractivity contribution in [1.82, 2.24) is 0 Å². The van der Waals surface area contributed by atoms with Crippen molar-refractivity contribution in [2.24, 2.45) is 5.92 Å². The molecule has 96 valence electrons. The summed E-state index contributed by atoms with van der Waals surface area (Å²) >= 11 is 0. The first-order valence-corrected chi connectivity index (χ1v) is 6.14. The lowest BCUT2D eigenvalue weighted by Gasteiger charge is -2.18. The van der Waals surface area contributed by atoms with Crippen LogP contribution in [0.15, 0.2) is 18.2 Å². The van der Waals surface area contributed by atoms with Crippen molar-refractivity contribution in [2.45, 2.75) is 19.8 Å². The van der Waals surface area contributed by atoms with Crippen LogP contribution in [0, 0.1) is 16.0 Å². The molecule has 0 amide bonds. The molecule has 0 spiro atoms. The Labute approximate surface area is 106 Å². The van der Waals surface area contributed by atoms with Crippen molar-refractivity contribution in [3.8, 4) is 0 Å². The smallest absolute Gasteiger partial charge is 0.293 e. The van der Waals surface area contributed by atoms with Gasteiger partial charge in [-0.05, 0) is 24.5 Å². The van der Waals surface area contributed by atoms with E-state index in [0.29, 0.717) is 23.5 Å². The van der Waals surface area contributed by atoms with E-state index >= 15 is 0 Å². The first-order valence-electron chi connectivity index (χ1n) is 6.14. The van der Waals surface area contributed by atoms with Crippen molar-refractivity contribution in [1.29, 1.82) is 0 Å². The van der Waals surface area contributed by atoms with Crippen molar-refractivity contribution >= 4 is 17.7 Å². The van der Waals surface area contributed by atoms with E-state index in [1.807, 2.05) is 4.90 Å². The third-order valence-corrected chi connectivity index (χ3v) is 3.54. The molecule has 1 saturated heterocycles. The van der Waals surface area contributed by atoms with Crippen LogP contribution in [-0.2, 0) is 0 Å². The van der Waals surface area contributed by atoms with E-state index < -0.39 is 4.92 Å². The van der Waals surface area contributed by atoms with Gasteiger partial charge >= 0.3 is 0 Å². The van der Waals surface area contributed by atoms with Gasteiger partial charge in [-0.1, -0.05) is 13.3 Å². The largest absolute Gasteiger partial charge is 0.366 e. The third-order valence-electron chi connectivity index (χ3n) is 3.54. The molecule has 1 unspecified atom stereocenters. The number of hydrogen-bond acceptors (Lipinski definition) is 4. The van der Waals surface area contributed by atoms with Crippen LogP contribution in [0.1, 0.15) is 30.1 Å². The van der Waals surface area contributed by atoms with Crippen LogP contribution in [0.2, 0.25) is 0 Å². The molecule has 1 aromatic rings. The summed E-state index contributed by atoms with van der Waals surface area (Å²) in [5.41, 5.74) is 0.995. The normalized spacial score (nSPS) is 18.9. The summed E-state index contributed by atoms with van der Waals surface area (Å²) in [7, 11) is 0. The molecule has 5 nitrogen and oxygen atoms in total. The van der Waals surface area contributed by atoms with Gasteiger partial charge in [-0.2, -0.15) is 0 Å². The Kier molecular flexibility index (Phi) is 3.60. The topological polar surface area (TPSA) is 63.5 Å². The molecule has 18 heavy (non-hydrogen) atoms. The average molecular weight is 248 g/mol. The lowest BCUT2D eigenvalue weighted by Crippen LogP contribution is -2.20. The maximum Gasteiger partial charge on any atom is 0.293 e. The van der Waals surface area contributed by atoms with E-state index in [4.69, 9.17) is 0 Å². The second-order valence-corrected chi connectivity index (χ2v) is 4.63. The minimum Gasteiger partial charge on any atom is -0.366 e. The van der Waals surface area contributed by atoms with Crippen LogP contribution in [0.4, 0.5) is 11.4 Å². The number of nitro benzene ring substituents is 1. The molecule has 1 heterocycles. The average Bonchev–Trinajstić information content (AvgIpc) is 2.86. The van der Waals surface area contributed by atoms with Gasteiger partial charge < -0.3 is 4.90 Å². The predicted octanol–water partition coefficient (Wildman–Crippen LogP) is 2.64. The highest BCUT2D eigenvalue weighted by Gasteiger charge is 2.26. The van der Waals surface area contributed by atoms with Gasteiger partial charge in [0.1, 0.15) is 12.0 Å². The van der Waals surface area contributed by atoms with Gasteiger partial charge in [0.15, 0.2) is 0 Å². The van der Waals surface area contributed by atoms with Crippen LogP contribution in [-0.4, -0.2) is 24.3 Å². The number of nitrogens with zero attached hydrogens (tertiary/aromatic N) is 2. The lowest BCUT2D eigenvalue weighted by molar-refractivity contribution is -0.384. The maximum atomic E-state index is 11.1. The number of hydrogen-bond donors (Lipinski definition) is 0. The number of rotatable bonds is 4. The summed E-state index contributed by atoms with van der Waals surface area (Å²) in [5.74, 6) is 0.607. The third kappa shape index (κ3) is 2.34. The fourth-order valence-electron chi connectivity index (χ4n) is 2.41. The molecule has 1 aliphatic rings.